The average Bonchev–Trinajstić information content (AvgIpc) is 2.26. The van der Waals surface area contributed by atoms with Crippen molar-refractivity contribution in [2.45, 2.75) is 52.4 Å². The standard InChI is InChI=1S/C16H24O3/c1-10-8-13(19-7)12(15(2,3)4)9-11(10)16(5,6)14(17)18/h8-9H,1-7H3,(H,17,18). The molecule has 1 aromatic rings. The maximum atomic E-state index is 11.5. The van der Waals surface area contributed by atoms with Gasteiger partial charge in [0.25, 0.3) is 0 Å². The van der Waals surface area contributed by atoms with E-state index in [1.165, 1.54) is 0 Å². The Hall–Kier alpha value is -1.51. The Morgan fingerprint density at radius 2 is 1.63 bits per heavy atom. The quantitative estimate of drug-likeness (QED) is 0.906. The van der Waals surface area contributed by atoms with Gasteiger partial charge in [0.15, 0.2) is 0 Å². The molecule has 0 saturated carbocycles. The number of hydrogen-bond acceptors (Lipinski definition) is 2. The van der Waals surface area contributed by atoms with Crippen molar-refractivity contribution in [3.05, 3.63) is 28.8 Å². The van der Waals surface area contributed by atoms with Crippen LogP contribution in [0.15, 0.2) is 12.1 Å². The summed E-state index contributed by atoms with van der Waals surface area (Å²) in [5.74, 6) is -0.00411. The van der Waals surface area contributed by atoms with Gasteiger partial charge >= 0.3 is 5.97 Å². The fourth-order valence-electron chi connectivity index (χ4n) is 2.22. The molecule has 0 heterocycles. The summed E-state index contributed by atoms with van der Waals surface area (Å²) in [5.41, 5.74) is 1.81. The lowest BCUT2D eigenvalue weighted by Crippen LogP contribution is -2.30. The largest absolute Gasteiger partial charge is 0.496 e. The molecule has 106 valence electrons. The zero-order chi connectivity index (χ0) is 15.0. The normalized spacial score (nSPS) is 12.4. The van der Waals surface area contributed by atoms with Crippen LogP contribution in [0.5, 0.6) is 5.75 Å². The molecule has 0 aliphatic heterocycles. The number of aliphatic carboxylic acids is 1. The molecule has 1 rings (SSSR count). The summed E-state index contributed by atoms with van der Waals surface area (Å²) in [7, 11) is 1.64. The number of carboxylic acids is 1. The van der Waals surface area contributed by atoms with Crippen molar-refractivity contribution >= 4 is 5.97 Å². The monoisotopic (exact) mass is 264 g/mol. The summed E-state index contributed by atoms with van der Waals surface area (Å²) in [6.07, 6.45) is 0. The smallest absolute Gasteiger partial charge is 0.313 e. The third-order valence-corrected chi connectivity index (χ3v) is 3.56. The molecule has 0 bridgehead atoms. The van der Waals surface area contributed by atoms with E-state index in [4.69, 9.17) is 4.74 Å². The van der Waals surface area contributed by atoms with Crippen molar-refractivity contribution in [3.63, 3.8) is 0 Å². The molecular weight excluding hydrogens is 240 g/mol. The van der Waals surface area contributed by atoms with Gasteiger partial charge in [0, 0.05) is 0 Å². The number of carboxylic acid groups (broad SMARTS) is 1. The lowest BCUT2D eigenvalue weighted by atomic mass is 9.77. The second-order valence-corrected chi connectivity index (χ2v) is 6.55. The highest BCUT2D eigenvalue weighted by atomic mass is 16.5. The molecule has 0 spiro atoms. The minimum absolute atomic E-state index is 0.0949. The van der Waals surface area contributed by atoms with E-state index in [1.54, 1.807) is 21.0 Å². The van der Waals surface area contributed by atoms with Crippen LogP contribution in [0.2, 0.25) is 0 Å². The lowest BCUT2D eigenvalue weighted by molar-refractivity contribution is -0.142. The zero-order valence-electron chi connectivity index (χ0n) is 12.9. The topological polar surface area (TPSA) is 46.5 Å². The van der Waals surface area contributed by atoms with Gasteiger partial charge in [0.05, 0.1) is 12.5 Å². The van der Waals surface area contributed by atoms with E-state index in [0.717, 1.165) is 22.4 Å². The van der Waals surface area contributed by atoms with Gasteiger partial charge in [-0.25, -0.2) is 0 Å². The first-order chi connectivity index (χ1) is 8.51. The Kier molecular flexibility index (Phi) is 3.99. The molecule has 0 aliphatic carbocycles. The first-order valence-corrected chi connectivity index (χ1v) is 6.44. The van der Waals surface area contributed by atoms with Crippen molar-refractivity contribution in [2.24, 2.45) is 0 Å². The first-order valence-electron chi connectivity index (χ1n) is 6.44. The van der Waals surface area contributed by atoms with Crippen molar-refractivity contribution in [3.8, 4) is 5.75 Å². The van der Waals surface area contributed by atoms with Gasteiger partial charge in [-0.2, -0.15) is 0 Å². The maximum absolute atomic E-state index is 11.5. The number of hydrogen-bond donors (Lipinski definition) is 1. The Morgan fingerprint density at radius 1 is 1.11 bits per heavy atom. The predicted molar refractivity (Wildman–Crippen MR) is 77.1 cm³/mol. The highest BCUT2D eigenvalue weighted by Crippen LogP contribution is 2.37. The van der Waals surface area contributed by atoms with Gasteiger partial charge < -0.3 is 9.84 Å². The molecular formula is C16H24O3. The number of aryl methyl sites for hydroxylation is 1. The van der Waals surface area contributed by atoms with E-state index in [1.807, 2.05) is 19.1 Å². The maximum Gasteiger partial charge on any atom is 0.313 e. The molecule has 0 aromatic heterocycles. The molecule has 1 aromatic carbocycles. The average molecular weight is 264 g/mol. The van der Waals surface area contributed by atoms with Crippen LogP contribution in [0.25, 0.3) is 0 Å². The Morgan fingerprint density at radius 3 is 2.00 bits per heavy atom. The van der Waals surface area contributed by atoms with E-state index in [-0.39, 0.29) is 5.41 Å². The molecule has 3 heteroatoms. The minimum Gasteiger partial charge on any atom is -0.496 e. The summed E-state index contributed by atoms with van der Waals surface area (Å²) in [4.78, 5) is 11.5. The van der Waals surface area contributed by atoms with Crippen LogP contribution in [0.3, 0.4) is 0 Å². The molecule has 19 heavy (non-hydrogen) atoms. The predicted octanol–water partition coefficient (Wildman–Crippen LogP) is 3.66. The Labute approximate surface area is 115 Å². The zero-order valence-corrected chi connectivity index (χ0v) is 12.9. The van der Waals surface area contributed by atoms with Gasteiger partial charge in [-0.3, -0.25) is 4.79 Å². The number of ether oxygens (including phenoxy) is 1. The molecule has 0 saturated heterocycles. The van der Waals surface area contributed by atoms with Gasteiger partial charge in [-0.15, -0.1) is 0 Å². The Balaban J connectivity index is 3.57. The van der Waals surface area contributed by atoms with E-state index in [0.29, 0.717) is 0 Å². The molecule has 1 N–H and O–H groups in total. The van der Waals surface area contributed by atoms with Crippen LogP contribution in [-0.2, 0) is 15.6 Å². The van der Waals surface area contributed by atoms with Gasteiger partial charge in [0.1, 0.15) is 5.75 Å². The summed E-state index contributed by atoms with van der Waals surface area (Å²) >= 11 is 0. The van der Waals surface area contributed by atoms with Crippen molar-refractivity contribution < 1.29 is 14.6 Å². The second kappa shape index (κ2) is 4.87. The van der Waals surface area contributed by atoms with Crippen LogP contribution in [0, 0.1) is 6.92 Å². The lowest BCUT2D eigenvalue weighted by Gasteiger charge is -2.28. The van der Waals surface area contributed by atoms with E-state index < -0.39 is 11.4 Å². The van der Waals surface area contributed by atoms with Gasteiger partial charge in [-0.1, -0.05) is 26.8 Å². The van der Waals surface area contributed by atoms with Crippen LogP contribution in [0.4, 0.5) is 0 Å². The second-order valence-electron chi connectivity index (χ2n) is 6.55. The van der Waals surface area contributed by atoms with Crippen LogP contribution >= 0.6 is 0 Å². The fraction of sp³-hybridized carbons (Fsp3) is 0.562. The van der Waals surface area contributed by atoms with Crippen LogP contribution in [0.1, 0.15) is 51.3 Å². The number of carbonyl (C=O) groups is 1. The fourth-order valence-corrected chi connectivity index (χ4v) is 2.22. The van der Waals surface area contributed by atoms with Crippen molar-refractivity contribution in [1.82, 2.24) is 0 Å². The molecule has 0 fully saturated rings. The molecule has 0 unspecified atom stereocenters. The third-order valence-electron chi connectivity index (χ3n) is 3.56. The number of benzene rings is 1. The van der Waals surface area contributed by atoms with Crippen molar-refractivity contribution in [2.75, 3.05) is 7.11 Å². The summed E-state index contributed by atoms with van der Waals surface area (Å²) in [5, 5.41) is 9.41. The van der Waals surface area contributed by atoms with E-state index in [2.05, 4.69) is 20.8 Å². The van der Waals surface area contributed by atoms with Crippen molar-refractivity contribution in [1.29, 1.82) is 0 Å². The third kappa shape index (κ3) is 2.91. The summed E-state index contributed by atoms with van der Waals surface area (Å²) in [6.45, 7) is 11.7. The summed E-state index contributed by atoms with van der Waals surface area (Å²) in [6, 6.07) is 3.91. The highest BCUT2D eigenvalue weighted by Gasteiger charge is 2.33. The van der Waals surface area contributed by atoms with Crippen LogP contribution in [-0.4, -0.2) is 18.2 Å². The van der Waals surface area contributed by atoms with Gasteiger partial charge in [-0.05, 0) is 48.9 Å². The summed E-state index contributed by atoms with van der Waals surface area (Å²) < 4.78 is 5.43. The number of rotatable bonds is 3. The van der Waals surface area contributed by atoms with E-state index >= 15 is 0 Å². The number of methoxy groups -OCH3 is 1. The molecule has 0 aliphatic rings. The van der Waals surface area contributed by atoms with E-state index in [9.17, 15) is 9.90 Å². The molecule has 0 amide bonds. The first kappa shape index (κ1) is 15.5. The SMILES string of the molecule is COc1cc(C)c(C(C)(C)C(=O)O)cc1C(C)(C)C. The molecule has 0 radical (unpaired) electrons. The Bertz CT molecular complexity index is 493. The van der Waals surface area contributed by atoms with Gasteiger partial charge in [0.2, 0.25) is 0 Å². The van der Waals surface area contributed by atoms with Crippen LogP contribution < -0.4 is 4.74 Å². The molecule has 0 atom stereocenters. The minimum atomic E-state index is -0.906. The molecule has 3 nitrogen and oxygen atoms in total. The highest BCUT2D eigenvalue weighted by molar-refractivity contribution is 5.81.